The summed E-state index contributed by atoms with van der Waals surface area (Å²) < 4.78 is 1.25. The molecule has 0 aliphatic rings. The summed E-state index contributed by atoms with van der Waals surface area (Å²) in [5, 5.41) is 6.31. The molecule has 0 aliphatic carbocycles. The first-order chi connectivity index (χ1) is 7.13. The van der Waals surface area contributed by atoms with Gasteiger partial charge in [-0.25, -0.2) is 9.97 Å². The molecule has 0 bridgehead atoms. The highest BCUT2D eigenvalue weighted by atomic mass is 79.9. The van der Waals surface area contributed by atoms with Gasteiger partial charge in [0.25, 0.3) is 0 Å². The van der Waals surface area contributed by atoms with Gasteiger partial charge in [-0.1, -0.05) is 6.08 Å². The molecule has 0 amide bonds. The number of nitrogens with zero attached hydrogens (tertiary/aromatic N) is 2. The van der Waals surface area contributed by atoms with Crippen LogP contribution in [0.1, 0.15) is 0 Å². The van der Waals surface area contributed by atoms with Crippen LogP contribution in [0.2, 0.25) is 0 Å². The van der Waals surface area contributed by atoms with E-state index >= 15 is 0 Å². The van der Waals surface area contributed by atoms with Crippen molar-refractivity contribution in [2.24, 2.45) is 0 Å². The summed E-state index contributed by atoms with van der Waals surface area (Å²) in [6.45, 7) is 4.18. The molecule has 1 heterocycles. The van der Waals surface area contributed by atoms with E-state index in [1.807, 2.05) is 0 Å². The molecule has 0 aliphatic heterocycles. The number of rotatable bonds is 3. The first-order valence-electron chi connectivity index (χ1n) is 3.97. The van der Waals surface area contributed by atoms with E-state index in [1.54, 1.807) is 12.3 Å². The van der Waals surface area contributed by atoms with Crippen molar-refractivity contribution in [1.29, 1.82) is 0 Å². The molecule has 0 spiro atoms. The van der Waals surface area contributed by atoms with Crippen LogP contribution in [0.3, 0.4) is 0 Å². The summed E-state index contributed by atoms with van der Waals surface area (Å²) in [5.41, 5.74) is 0. The molecule has 0 saturated heterocycles. The van der Waals surface area contributed by atoms with Crippen LogP contribution in [0, 0.1) is 0 Å². The topological polar surface area (TPSA) is 49.8 Å². The van der Waals surface area contributed by atoms with E-state index in [1.165, 1.54) is 0 Å². The molecule has 1 aromatic rings. The van der Waals surface area contributed by atoms with Crippen molar-refractivity contribution >= 4 is 55.0 Å². The second-order valence-corrected chi connectivity index (χ2v) is 4.43. The van der Waals surface area contributed by atoms with Crippen molar-refractivity contribution in [3.8, 4) is 0 Å². The average Bonchev–Trinajstić information content (AvgIpc) is 2.19. The maximum Gasteiger partial charge on any atom is 0.172 e. The van der Waals surface area contributed by atoms with Gasteiger partial charge >= 0.3 is 0 Å². The fourth-order valence-corrected chi connectivity index (χ4v) is 1.84. The molecule has 2 N–H and O–H groups in total. The third kappa shape index (κ3) is 4.23. The molecule has 0 radical (unpaired) electrons. The molecular weight excluding hydrogens is 344 g/mol. The van der Waals surface area contributed by atoms with Crippen molar-refractivity contribution in [2.45, 2.75) is 0 Å². The van der Waals surface area contributed by atoms with Crippen LogP contribution >= 0.6 is 44.1 Å². The van der Waals surface area contributed by atoms with E-state index in [4.69, 9.17) is 12.2 Å². The maximum atomic E-state index is 5.02. The summed E-state index contributed by atoms with van der Waals surface area (Å²) in [7, 11) is 0. The Bertz CT molecular complexity index is 383. The lowest BCUT2D eigenvalue weighted by molar-refractivity contribution is 1.05. The van der Waals surface area contributed by atoms with Crippen molar-refractivity contribution < 1.29 is 0 Å². The van der Waals surface area contributed by atoms with Crippen LogP contribution < -0.4 is 10.6 Å². The molecule has 7 heteroatoms. The Balaban J connectivity index is 2.64. The zero-order chi connectivity index (χ0) is 11.3. The fraction of sp³-hybridized carbons (Fsp3) is 0.125. The summed E-state index contributed by atoms with van der Waals surface area (Å²) in [5.74, 6) is 0.569. The van der Waals surface area contributed by atoms with Gasteiger partial charge in [-0.3, -0.25) is 0 Å². The molecule has 4 nitrogen and oxygen atoms in total. The zero-order valence-electron chi connectivity index (χ0n) is 7.63. The van der Waals surface area contributed by atoms with E-state index in [2.05, 4.69) is 59.0 Å². The SMILES string of the molecule is C=CCNC(=S)Nc1ncc(Br)nc1Br. The highest BCUT2D eigenvalue weighted by Crippen LogP contribution is 2.18. The number of nitrogens with one attached hydrogen (secondary N) is 2. The standard InChI is InChI=1S/C8H8Br2N4S/c1-2-3-11-8(15)14-7-6(10)13-5(9)4-12-7/h2,4H,1,3H2,(H2,11,12,14,15). The van der Waals surface area contributed by atoms with Gasteiger partial charge in [-0.2, -0.15) is 0 Å². The Hall–Kier alpha value is -0.530. The summed E-state index contributed by atoms with van der Waals surface area (Å²) in [4.78, 5) is 8.21. The minimum absolute atomic E-state index is 0.479. The van der Waals surface area contributed by atoms with Crippen molar-refractivity contribution in [3.63, 3.8) is 0 Å². The van der Waals surface area contributed by atoms with Crippen molar-refractivity contribution in [1.82, 2.24) is 15.3 Å². The average molecular weight is 352 g/mol. The third-order valence-corrected chi connectivity index (χ3v) is 2.52. The van der Waals surface area contributed by atoms with Gasteiger partial charge in [0.1, 0.15) is 9.21 Å². The van der Waals surface area contributed by atoms with E-state index in [-0.39, 0.29) is 0 Å². The lowest BCUT2D eigenvalue weighted by Crippen LogP contribution is -2.28. The van der Waals surface area contributed by atoms with E-state index in [9.17, 15) is 0 Å². The summed E-state index contributed by atoms with van der Waals surface area (Å²) in [6.07, 6.45) is 3.31. The number of anilines is 1. The quantitative estimate of drug-likeness (QED) is 0.647. The molecule has 15 heavy (non-hydrogen) atoms. The smallest absolute Gasteiger partial charge is 0.172 e. The number of hydrogen-bond donors (Lipinski definition) is 2. The highest BCUT2D eigenvalue weighted by molar-refractivity contribution is 9.11. The predicted molar refractivity (Wildman–Crippen MR) is 71.9 cm³/mol. The predicted octanol–water partition coefficient (Wildman–Crippen LogP) is 2.47. The third-order valence-electron chi connectivity index (χ3n) is 1.34. The molecule has 0 unspecified atom stereocenters. The van der Waals surface area contributed by atoms with Crippen LogP contribution in [-0.4, -0.2) is 21.6 Å². The second-order valence-electron chi connectivity index (χ2n) is 2.46. The number of thiocarbonyl (C=S) groups is 1. The maximum absolute atomic E-state index is 5.02. The number of aromatic nitrogens is 2. The van der Waals surface area contributed by atoms with Crippen LogP contribution in [0.4, 0.5) is 5.82 Å². The zero-order valence-corrected chi connectivity index (χ0v) is 11.6. The highest BCUT2D eigenvalue weighted by Gasteiger charge is 2.04. The lowest BCUT2D eigenvalue weighted by Gasteiger charge is -2.08. The van der Waals surface area contributed by atoms with Crippen molar-refractivity contribution in [2.75, 3.05) is 11.9 Å². The summed E-state index contributed by atoms with van der Waals surface area (Å²) in [6, 6.07) is 0. The lowest BCUT2D eigenvalue weighted by atomic mass is 10.6. The Morgan fingerprint density at radius 1 is 1.60 bits per heavy atom. The molecule has 0 saturated carbocycles. The van der Waals surface area contributed by atoms with E-state index in [0.717, 1.165) is 0 Å². The minimum atomic E-state index is 0.479. The second kappa shape index (κ2) is 6.14. The van der Waals surface area contributed by atoms with Crippen LogP contribution in [-0.2, 0) is 0 Å². The van der Waals surface area contributed by atoms with Gasteiger partial charge in [0.15, 0.2) is 10.9 Å². The van der Waals surface area contributed by atoms with Gasteiger partial charge in [-0.15, -0.1) is 6.58 Å². The minimum Gasteiger partial charge on any atom is -0.359 e. The molecule has 80 valence electrons. The van der Waals surface area contributed by atoms with Crippen LogP contribution in [0.25, 0.3) is 0 Å². The van der Waals surface area contributed by atoms with Gasteiger partial charge < -0.3 is 10.6 Å². The molecule has 1 rings (SSSR count). The van der Waals surface area contributed by atoms with E-state index in [0.29, 0.717) is 26.7 Å². The monoisotopic (exact) mass is 350 g/mol. The molecule has 0 aromatic carbocycles. The first kappa shape index (κ1) is 12.5. The Kier molecular flexibility index (Phi) is 5.13. The molecular formula is C8H8Br2N4S. The van der Waals surface area contributed by atoms with Gasteiger partial charge in [0.2, 0.25) is 0 Å². The first-order valence-corrected chi connectivity index (χ1v) is 5.96. The largest absolute Gasteiger partial charge is 0.359 e. The van der Waals surface area contributed by atoms with Crippen LogP contribution in [0.15, 0.2) is 28.1 Å². The fourth-order valence-electron chi connectivity index (χ4n) is 0.747. The van der Waals surface area contributed by atoms with E-state index < -0.39 is 0 Å². The molecule has 1 aromatic heterocycles. The van der Waals surface area contributed by atoms with Gasteiger partial charge in [0, 0.05) is 6.54 Å². The normalized spacial score (nSPS) is 9.47. The number of halogens is 2. The van der Waals surface area contributed by atoms with Crippen LogP contribution in [0.5, 0.6) is 0 Å². The number of hydrogen-bond acceptors (Lipinski definition) is 3. The van der Waals surface area contributed by atoms with Gasteiger partial charge in [-0.05, 0) is 44.1 Å². The Morgan fingerprint density at radius 3 is 2.93 bits per heavy atom. The summed E-state index contributed by atoms with van der Waals surface area (Å²) >= 11 is 11.5. The Labute approximate surface area is 110 Å². The van der Waals surface area contributed by atoms with Gasteiger partial charge in [0.05, 0.1) is 6.20 Å². The molecule has 0 atom stereocenters. The van der Waals surface area contributed by atoms with Crippen molar-refractivity contribution in [3.05, 3.63) is 28.1 Å². The molecule has 0 fully saturated rings. The Morgan fingerprint density at radius 2 is 2.33 bits per heavy atom.